The summed E-state index contributed by atoms with van der Waals surface area (Å²) in [5.41, 5.74) is 0. The average Bonchev–Trinajstić information content (AvgIpc) is 2.38. The Hall–Kier alpha value is -0.650. The second kappa shape index (κ2) is 7.63. The lowest BCUT2D eigenvalue weighted by atomic mass is 10.1. The van der Waals surface area contributed by atoms with Gasteiger partial charge in [0.1, 0.15) is 6.04 Å². The van der Waals surface area contributed by atoms with Gasteiger partial charge in [-0.2, -0.15) is 0 Å². The molecular formula is C12H24N2O3. The maximum absolute atomic E-state index is 11.6. The van der Waals surface area contributed by atoms with Crippen molar-refractivity contribution in [2.45, 2.75) is 31.8 Å². The predicted molar refractivity (Wildman–Crippen MR) is 66.0 cm³/mol. The van der Waals surface area contributed by atoms with Crippen LogP contribution in [0.15, 0.2) is 0 Å². The quantitative estimate of drug-likeness (QED) is 0.679. The van der Waals surface area contributed by atoms with Crippen molar-refractivity contribution >= 4 is 5.97 Å². The fraction of sp³-hybridized carbons (Fsp3) is 0.917. The Balaban J connectivity index is 2.44. The molecule has 1 rings (SSSR count). The molecule has 17 heavy (non-hydrogen) atoms. The summed E-state index contributed by atoms with van der Waals surface area (Å²) < 4.78 is 10.1. The largest absolute Gasteiger partial charge is 0.468 e. The van der Waals surface area contributed by atoms with Crippen LogP contribution in [-0.4, -0.2) is 63.4 Å². The van der Waals surface area contributed by atoms with Crippen LogP contribution in [-0.2, 0) is 14.3 Å². The lowest BCUT2D eigenvalue weighted by molar-refractivity contribution is -0.143. The van der Waals surface area contributed by atoms with E-state index >= 15 is 0 Å². The van der Waals surface area contributed by atoms with Crippen molar-refractivity contribution in [3.8, 4) is 0 Å². The van der Waals surface area contributed by atoms with Crippen molar-refractivity contribution in [3.63, 3.8) is 0 Å². The molecule has 0 bridgehead atoms. The highest BCUT2D eigenvalue weighted by molar-refractivity contribution is 5.75. The van der Waals surface area contributed by atoms with E-state index in [-0.39, 0.29) is 12.0 Å². The number of ether oxygens (including phenoxy) is 2. The van der Waals surface area contributed by atoms with Gasteiger partial charge in [0.25, 0.3) is 0 Å². The smallest absolute Gasteiger partial charge is 0.324 e. The first-order valence-electron chi connectivity index (χ1n) is 6.28. The van der Waals surface area contributed by atoms with Gasteiger partial charge in [0, 0.05) is 25.8 Å². The van der Waals surface area contributed by atoms with Crippen LogP contribution in [0.3, 0.4) is 0 Å². The van der Waals surface area contributed by atoms with E-state index in [1.54, 1.807) is 0 Å². The van der Waals surface area contributed by atoms with Crippen LogP contribution in [0.5, 0.6) is 0 Å². The van der Waals surface area contributed by atoms with Crippen LogP contribution in [0.1, 0.15) is 19.8 Å². The third-order valence-corrected chi connectivity index (χ3v) is 3.22. The van der Waals surface area contributed by atoms with Gasteiger partial charge in [-0.1, -0.05) is 6.92 Å². The van der Waals surface area contributed by atoms with Crippen LogP contribution in [0, 0.1) is 0 Å². The highest BCUT2D eigenvalue weighted by Gasteiger charge is 2.24. The highest BCUT2D eigenvalue weighted by atomic mass is 16.5. The molecule has 1 atom stereocenters. The number of esters is 1. The second-order valence-corrected chi connectivity index (χ2v) is 4.42. The Morgan fingerprint density at radius 3 is 2.71 bits per heavy atom. The monoisotopic (exact) mass is 244 g/mol. The van der Waals surface area contributed by atoms with Crippen molar-refractivity contribution < 1.29 is 14.3 Å². The molecule has 1 N–H and O–H groups in total. The summed E-state index contributed by atoms with van der Waals surface area (Å²) in [6, 6.07) is 0.271. The Bertz CT molecular complexity index is 230. The number of hydrogen-bond donors (Lipinski definition) is 1. The molecule has 100 valence electrons. The molecule has 0 aromatic carbocycles. The van der Waals surface area contributed by atoms with E-state index < -0.39 is 0 Å². The molecule has 1 fully saturated rings. The van der Waals surface area contributed by atoms with E-state index in [4.69, 9.17) is 9.47 Å². The predicted octanol–water partition coefficient (Wildman–Crippen LogP) is 0.248. The first-order valence-corrected chi connectivity index (χ1v) is 6.28. The maximum atomic E-state index is 11.6. The topological polar surface area (TPSA) is 50.8 Å². The third-order valence-electron chi connectivity index (χ3n) is 3.22. The number of likely N-dealkylation sites (N-methyl/N-ethyl adjacent to an activating group) is 2. The molecule has 0 radical (unpaired) electrons. The van der Waals surface area contributed by atoms with Gasteiger partial charge in [-0.05, 0) is 26.4 Å². The summed E-state index contributed by atoms with van der Waals surface area (Å²) in [6.45, 7) is 5.08. The van der Waals surface area contributed by atoms with E-state index in [1.807, 2.05) is 6.92 Å². The summed E-state index contributed by atoms with van der Waals surface area (Å²) in [5, 5.41) is 3.16. The fourth-order valence-electron chi connectivity index (χ4n) is 2.17. The van der Waals surface area contributed by atoms with Crippen molar-refractivity contribution in [3.05, 3.63) is 0 Å². The molecule has 1 heterocycles. The van der Waals surface area contributed by atoms with Crippen LogP contribution >= 0.6 is 0 Å². The summed E-state index contributed by atoms with van der Waals surface area (Å²) in [5.74, 6) is -0.189. The highest BCUT2D eigenvalue weighted by Crippen LogP contribution is 2.13. The van der Waals surface area contributed by atoms with Gasteiger partial charge >= 0.3 is 5.97 Å². The molecule has 0 amide bonds. The summed E-state index contributed by atoms with van der Waals surface area (Å²) in [6.07, 6.45) is 2.08. The Morgan fingerprint density at radius 1 is 1.53 bits per heavy atom. The average molecular weight is 244 g/mol. The fourth-order valence-corrected chi connectivity index (χ4v) is 2.17. The van der Waals surface area contributed by atoms with Crippen molar-refractivity contribution in [1.29, 1.82) is 0 Å². The number of rotatable bonds is 6. The third kappa shape index (κ3) is 4.61. The molecule has 1 aliphatic rings. The van der Waals surface area contributed by atoms with E-state index in [0.29, 0.717) is 12.6 Å². The van der Waals surface area contributed by atoms with Gasteiger partial charge in [0.05, 0.1) is 7.11 Å². The Labute approximate surface area is 103 Å². The number of carbonyl (C=O) groups is 1. The Morgan fingerprint density at radius 2 is 2.18 bits per heavy atom. The van der Waals surface area contributed by atoms with Gasteiger partial charge in [0.15, 0.2) is 0 Å². The van der Waals surface area contributed by atoms with E-state index in [0.717, 1.165) is 32.6 Å². The van der Waals surface area contributed by atoms with Crippen molar-refractivity contribution in [1.82, 2.24) is 10.2 Å². The minimum absolute atomic E-state index is 0.189. The van der Waals surface area contributed by atoms with Crippen LogP contribution < -0.4 is 5.32 Å². The lowest BCUT2D eigenvalue weighted by Crippen LogP contribution is -2.49. The second-order valence-electron chi connectivity index (χ2n) is 4.42. The molecule has 5 nitrogen and oxygen atoms in total. The zero-order valence-corrected chi connectivity index (χ0v) is 11.1. The first-order chi connectivity index (χ1) is 8.19. The number of nitrogens with zero attached hydrogens (tertiary/aromatic N) is 1. The molecule has 0 spiro atoms. The number of carbonyl (C=O) groups excluding carboxylic acids is 1. The van der Waals surface area contributed by atoms with Crippen LogP contribution in [0.4, 0.5) is 0 Å². The van der Waals surface area contributed by atoms with Crippen LogP contribution in [0.25, 0.3) is 0 Å². The van der Waals surface area contributed by atoms with E-state index in [9.17, 15) is 4.79 Å². The minimum Gasteiger partial charge on any atom is -0.468 e. The SMILES string of the molecule is CCNC(CN(C)C1CCOCC1)C(=O)OC. The van der Waals surface area contributed by atoms with E-state index in [1.165, 1.54) is 7.11 Å². The molecule has 1 saturated heterocycles. The number of methoxy groups -OCH3 is 1. The van der Waals surface area contributed by atoms with Gasteiger partial charge in [0.2, 0.25) is 0 Å². The van der Waals surface area contributed by atoms with Crippen molar-refractivity contribution in [2.75, 3.05) is 40.5 Å². The van der Waals surface area contributed by atoms with Gasteiger partial charge < -0.3 is 19.7 Å². The first kappa shape index (κ1) is 14.4. The Kier molecular flexibility index (Phi) is 6.47. The van der Waals surface area contributed by atoms with Crippen molar-refractivity contribution in [2.24, 2.45) is 0 Å². The molecular weight excluding hydrogens is 220 g/mol. The summed E-state index contributed by atoms with van der Waals surface area (Å²) in [4.78, 5) is 13.8. The molecule has 5 heteroatoms. The van der Waals surface area contributed by atoms with Gasteiger partial charge in [-0.3, -0.25) is 4.79 Å². The zero-order valence-electron chi connectivity index (χ0n) is 11.1. The minimum atomic E-state index is -0.238. The summed E-state index contributed by atoms with van der Waals surface area (Å²) >= 11 is 0. The normalized spacial score (nSPS) is 19.3. The summed E-state index contributed by atoms with van der Waals surface area (Å²) in [7, 11) is 3.49. The lowest BCUT2D eigenvalue weighted by Gasteiger charge is -2.33. The number of hydrogen-bond acceptors (Lipinski definition) is 5. The number of nitrogens with one attached hydrogen (secondary N) is 1. The molecule has 0 saturated carbocycles. The van der Waals surface area contributed by atoms with E-state index in [2.05, 4.69) is 17.3 Å². The molecule has 0 aromatic heterocycles. The maximum Gasteiger partial charge on any atom is 0.324 e. The molecule has 1 aliphatic heterocycles. The van der Waals surface area contributed by atoms with Crippen LogP contribution in [0.2, 0.25) is 0 Å². The van der Waals surface area contributed by atoms with Gasteiger partial charge in [-0.15, -0.1) is 0 Å². The standard InChI is InChI=1S/C12H24N2O3/c1-4-13-11(12(15)16-3)9-14(2)10-5-7-17-8-6-10/h10-11,13H,4-9H2,1-3H3. The van der Waals surface area contributed by atoms with Gasteiger partial charge in [-0.25, -0.2) is 0 Å². The molecule has 0 aliphatic carbocycles. The molecule has 1 unspecified atom stereocenters. The molecule has 0 aromatic rings. The zero-order chi connectivity index (χ0) is 12.7.